The number of benzene rings is 1. The first-order valence-electron chi connectivity index (χ1n) is 14.3. The highest BCUT2D eigenvalue weighted by atomic mass is 19.4. The van der Waals surface area contributed by atoms with E-state index < -0.39 is 18.1 Å². The van der Waals surface area contributed by atoms with Gasteiger partial charge in [0, 0.05) is 30.5 Å². The number of ether oxygens (including phenoxy) is 1. The molecule has 4 heterocycles. The normalized spacial score (nSPS) is 21.0. The summed E-state index contributed by atoms with van der Waals surface area (Å²) in [5.74, 6) is 1.50. The largest absolute Gasteiger partial charge is 0.477 e. The number of aryl methyl sites for hydroxylation is 2. The first-order valence-corrected chi connectivity index (χ1v) is 14.3. The molecule has 3 aromatic rings. The molecule has 1 saturated carbocycles. The molecule has 3 aliphatic rings. The minimum Gasteiger partial charge on any atom is -0.477 e. The molecule has 2 aromatic heterocycles. The fourth-order valence-electron chi connectivity index (χ4n) is 5.64. The summed E-state index contributed by atoms with van der Waals surface area (Å²) < 4.78 is 47.5. The van der Waals surface area contributed by atoms with E-state index in [1.54, 1.807) is 41.2 Å². The van der Waals surface area contributed by atoms with Crippen LogP contribution >= 0.6 is 0 Å². The number of nitrogens with one attached hydrogen (secondary N) is 2. The van der Waals surface area contributed by atoms with E-state index in [4.69, 9.17) is 4.74 Å². The van der Waals surface area contributed by atoms with Gasteiger partial charge in [-0.1, -0.05) is 12.8 Å². The lowest BCUT2D eigenvalue weighted by Gasteiger charge is -2.26. The van der Waals surface area contributed by atoms with E-state index in [1.165, 1.54) is 12.8 Å². The Labute approximate surface area is 242 Å². The lowest BCUT2D eigenvalue weighted by molar-refractivity contribution is -0.138. The van der Waals surface area contributed by atoms with E-state index in [1.807, 2.05) is 18.9 Å². The minimum atomic E-state index is -4.38. The molecule has 2 atom stereocenters. The van der Waals surface area contributed by atoms with Crippen molar-refractivity contribution >= 4 is 28.9 Å². The first-order chi connectivity index (χ1) is 20.0. The van der Waals surface area contributed by atoms with E-state index in [-0.39, 0.29) is 0 Å². The molecular formula is C30H34F3N7O2. The number of alkyl halides is 3. The summed E-state index contributed by atoms with van der Waals surface area (Å²) in [6.07, 6.45) is 2.53. The molecule has 6 rings (SSSR count). The van der Waals surface area contributed by atoms with E-state index in [2.05, 4.69) is 25.7 Å². The average Bonchev–Trinajstić information content (AvgIpc) is 3.58. The number of guanidine groups is 1. The number of carbonyl (C=O) groups is 1. The Morgan fingerprint density at radius 2 is 1.98 bits per heavy atom. The number of aromatic nitrogens is 3. The fraction of sp³-hybridized carbons (Fsp3) is 0.467. The molecule has 1 amide bonds. The lowest BCUT2D eigenvalue weighted by atomic mass is 9.96. The first kappa shape index (κ1) is 28.0. The molecule has 222 valence electrons. The topological polar surface area (TPSA) is 96.7 Å². The van der Waals surface area contributed by atoms with Gasteiger partial charge in [-0.25, -0.2) is 4.68 Å². The third kappa shape index (κ3) is 5.93. The maximum Gasteiger partial charge on any atom is 0.408 e. The van der Waals surface area contributed by atoms with Crippen LogP contribution in [0.5, 0.6) is 5.88 Å². The van der Waals surface area contributed by atoms with Crippen molar-refractivity contribution in [2.24, 2.45) is 23.9 Å². The monoisotopic (exact) mass is 581 g/mol. The molecule has 1 aliphatic carbocycles. The number of hydrogen-bond acceptors (Lipinski definition) is 7. The third-order valence-corrected chi connectivity index (χ3v) is 8.03. The minimum absolute atomic E-state index is 0.304. The number of hydrogen-bond donors (Lipinski definition) is 2. The Morgan fingerprint density at radius 3 is 2.74 bits per heavy atom. The molecule has 0 radical (unpaired) electrons. The molecule has 0 spiro atoms. The number of anilines is 3. The highest BCUT2D eigenvalue weighted by molar-refractivity contribution is 6.19. The quantitative estimate of drug-likeness (QED) is 0.380. The highest BCUT2D eigenvalue weighted by Crippen LogP contribution is 2.40. The molecule has 42 heavy (non-hydrogen) atoms. The molecule has 1 fully saturated rings. The van der Waals surface area contributed by atoms with Crippen LogP contribution < -0.4 is 20.3 Å². The van der Waals surface area contributed by atoms with Crippen molar-refractivity contribution in [1.82, 2.24) is 14.8 Å². The lowest BCUT2D eigenvalue weighted by Crippen LogP contribution is -2.36. The Kier molecular flexibility index (Phi) is 7.32. The molecule has 0 saturated heterocycles. The molecule has 2 aliphatic heterocycles. The number of fused-ring (bicyclic) bond motifs is 7. The van der Waals surface area contributed by atoms with Crippen LogP contribution in [0.25, 0.3) is 11.3 Å². The molecule has 1 aromatic carbocycles. The molecule has 12 heteroatoms. The van der Waals surface area contributed by atoms with Crippen LogP contribution in [-0.4, -0.2) is 52.0 Å². The van der Waals surface area contributed by atoms with Crippen molar-refractivity contribution in [2.45, 2.75) is 58.2 Å². The van der Waals surface area contributed by atoms with Gasteiger partial charge in [-0.05, 0) is 75.3 Å². The Balaban J connectivity index is 1.38. The smallest absolute Gasteiger partial charge is 0.408 e. The van der Waals surface area contributed by atoms with Gasteiger partial charge in [0.25, 0.3) is 5.91 Å². The summed E-state index contributed by atoms with van der Waals surface area (Å²) in [6, 6.07) is 6.72. The van der Waals surface area contributed by atoms with Gasteiger partial charge in [0.05, 0.1) is 35.4 Å². The number of rotatable bonds is 4. The van der Waals surface area contributed by atoms with Crippen LogP contribution in [0.3, 0.4) is 0 Å². The van der Waals surface area contributed by atoms with Gasteiger partial charge in [0.2, 0.25) is 11.8 Å². The number of nitrogens with zero attached hydrogens (tertiary/aromatic N) is 5. The number of pyridine rings is 1. The third-order valence-electron chi connectivity index (χ3n) is 8.03. The summed E-state index contributed by atoms with van der Waals surface area (Å²) in [6.45, 7) is 4.02. The summed E-state index contributed by atoms with van der Waals surface area (Å²) in [7, 11) is 1.82. The number of carbonyl (C=O) groups excluding carboxylic acids is 1. The van der Waals surface area contributed by atoms with Crippen molar-refractivity contribution in [3.8, 4) is 17.1 Å². The van der Waals surface area contributed by atoms with Gasteiger partial charge < -0.3 is 20.3 Å². The Morgan fingerprint density at radius 1 is 1.17 bits per heavy atom. The number of aliphatic imine (C=N–C) groups is 1. The summed E-state index contributed by atoms with van der Waals surface area (Å²) >= 11 is 0. The van der Waals surface area contributed by atoms with Crippen LogP contribution in [0.1, 0.15) is 55.1 Å². The molecular weight excluding hydrogens is 547 g/mol. The molecule has 9 nitrogen and oxygen atoms in total. The maximum atomic E-state index is 13.6. The summed E-state index contributed by atoms with van der Waals surface area (Å²) in [4.78, 5) is 24.7. The second-order valence-corrected chi connectivity index (χ2v) is 11.5. The van der Waals surface area contributed by atoms with Crippen LogP contribution in [0, 0.1) is 18.8 Å². The predicted octanol–water partition coefficient (Wildman–Crippen LogP) is 6.17. The van der Waals surface area contributed by atoms with Crippen molar-refractivity contribution < 1.29 is 22.7 Å². The molecule has 2 bridgehead atoms. The van der Waals surface area contributed by atoms with Crippen LogP contribution in [0.4, 0.5) is 30.2 Å². The van der Waals surface area contributed by atoms with Crippen molar-refractivity contribution in [2.75, 3.05) is 28.7 Å². The van der Waals surface area contributed by atoms with Gasteiger partial charge in [-0.3, -0.25) is 9.78 Å². The zero-order valence-corrected chi connectivity index (χ0v) is 23.8. The zero-order valence-electron chi connectivity index (χ0n) is 23.8. The van der Waals surface area contributed by atoms with Gasteiger partial charge >= 0.3 is 6.18 Å². The Bertz CT molecular complexity index is 1530. The van der Waals surface area contributed by atoms with Gasteiger partial charge in [-0.2, -0.15) is 23.3 Å². The second kappa shape index (κ2) is 11.0. The SMILES string of the molecule is Cc1cc2cc(n1)-c1cnn(C)c1OCCCC(CC1CC1)CN1/C(=N/C2=O)Nc2cc(NC(C)C(F)(F)F)ccc21. The standard InChI is InChI=1S/C30H34F3N7O2/c1-17-11-21-13-24(35-17)23-15-34-39(3)28(23)42-10-4-5-20(12-19-6-7-19)16-40-26-9-8-22(36-18(2)30(31,32)33)14-25(26)37-29(40)38-27(21)41/h8-9,11,13-15,18-20,36H,4-7,10,12,16H2,1-3H3,(H,37,38,41). The van der Waals surface area contributed by atoms with Gasteiger partial charge in [-0.15, -0.1) is 0 Å². The number of halogens is 3. The Hall–Kier alpha value is -4.09. The van der Waals surface area contributed by atoms with E-state index in [0.29, 0.717) is 70.7 Å². The highest BCUT2D eigenvalue weighted by Gasteiger charge is 2.37. The predicted molar refractivity (Wildman–Crippen MR) is 155 cm³/mol. The van der Waals surface area contributed by atoms with Crippen molar-refractivity contribution in [3.05, 3.63) is 47.8 Å². The van der Waals surface area contributed by atoms with E-state index >= 15 is 0 Å². The van der Waals surface area contributed by atoms with Crippen LogP contribution in [0.2, 0.25) is 0 Å². The maximum absolute atomic E-state index is 13.6. The van der Waals surface area contributed by atoms with Gasteiger partial charge in [0.1, 0.15) is 6.04 Å². The van der Waals surface area contributed by atoms with E-state index in [9.17, 15) is 18.0 Å². The van der Waals surface area contributed by atoms with Crippen molar-refractivity contribution in [3.63, 3.8) is 0 Å². The fourth-order valence-corrected chi connectivity index (χ4v) is 5.64. The summed E-state index contributed by atoms with van der Waals surface area (Å²) in [5.41, 5.74) is 3.98. The average molecular weight is 582 g/mol. The molecule has 2 unspecified atom stereocenters. The zero-order chi connectivity index (χ0) is 29.6. The second-order valence-electron chi connectivity index (χ2n) is 11.5. The molecule has 2 N–H and O–H groups in total. The summed E-state index contributed by atoms with van der Waals surface area (Å²) in [5, 5.41) is 10.1. The number of amides is 1. The van der Waals surface area contributed by atoms with Gasteiger partial charge in [0.15, 0.2) is 0 Å². The van der Waals surface area contributed by atoms with E-state index in [0.717, 1.165) is 31.9 Å². The van der Waals surface area contributed by atoms with Crippen molar-refractivity contribution in [1.29, 1.82) is 0 Å². The van der Waals surface area contributed by atoms with Crippen LogP contribution in [-0.2, 0) is 7.05 Å². The van der Waals surface area contributed by atoms with Crippen LogP contribution in [0.15, 0.2) is 41.5 Å².